The molecule has 0 aliphatic carbocycles. The standard InChI is InChI=1S/C10H17N3O/c1-3-9(4-2)12-10(14)7-13-6-5-11-8-13/h5-6,8-9H,3-4,7H2,1-2H3,(H,12,14). The number of carbonyl (C=O) groups excluding carboxylic acids is 1. The van der Waals surface area contributed by atoms with Crippen LogP contribution in [0, 0.1) is 0 Å². The van der Waals surface area contributed by atoms with Crippen molar-refractivity contribution in [3.05, 3.63) is 18.7 Å². The topological polar surface area (TPSA) is 46.9 Å². The quantitative estimate of drug-likeness (QED) is 0.767. The van der Waals surface area contributed by atoms with E-state index in [-0.39, 0.29) is 5.91 Å². The van der Waals surface area contributed by atoms with Gasteiger partial charge in [0.25, 0.3) is 0 Å². The van der Waals surface area contributed by atoms with Crippen molar-refractivity contribution in [1.82, 2.24) is 14.9 Å². The molecular weight excluding hydrogens is 178 g/mol. The molecule has 0 bridgehead atoms. The molecule has 78 valence electrons. The summed E-state index contributed by atoms with van der Waals surface area (Å²) in [5, 5.41) is 2.97. The average Bonchev–Trinajstić information content (AvgIpc) is 2.66. The highest BCUT2D eigenvalue weighted by Gasteiger charge is 2.07. The lowest BCUT2D eigenvalue weighted by molar-refractivity contribution is -0.122. The van der Waals surface area contributed by atoms with Crippen molar-refractivity contribution in [2.75, 3.05) is 0 Å². The molecule has 0 radical (unpaired) electrons. The highest BCUT2D eigenvalue weighted by Crippen LogP contribution is 1.96. The Morgan fingerprint density at radius 3 is 2.71 bits per heavy atom. The van der Waals surface area contributed by atoms with E-state index >= 15 is 0 Å². The molecule has 1 heterocycles. The molecule has 0 unspecified atom stereocenters. The summed E-state index contributed by atoms with van der Waals surface area (Å²) >= 11 is 0. The average molecular weight is 195 g/mol. The number of nitrogens with zero attached hydrogens (tertiary/aromatic N) is 2. The molecule has 14 heavy (non-hydrogen) atoms. The van der Waals surface area contributed by atoms with Gasteiger partial charge in [-0.1, -0.05) is 13.8 Å². The highest BCUT2D eigenvalue weighted by molar-refractivity contribution is 5.76. The van der Waals surface area contributed by atoms with Crippen LogP contribution in [0.1, 0.15) is 26.7 Å². The van der Waals surface area contributed by atoms with E-state index in [0.717, 1.165) is 12.8 Å². The van der Waals surface area contributed by atoms with Gasteiger partial charge in [-0.25, -0.2) is 4.98 Å². The minimum atomic E-state index is 0.0525. The number of aromatic nitrogens is 2. The fourth-order valence-corrected chi connectivity index (χ4v) is 1.31. The number of hydrogen-bond donors (Lipinski definition) is 1. The Labute approximate surface area is 84.3 Å². The summed E-state index contributed by atoms with van der Waals surface area (Å²) in [5.41, 5.74) is 0. The maximum atomic E-state index is 11.5. The molecule has 0 fully saturated rings. The Morgan fingerprint density at radius 1 is 1.50 bits per heavy atom. The molecule has 4 heteroatoms. The van der Waals surface area contributed by atoms with Gasteiger partial charge in [0.15, 0.2) is 0 Å². The summed E-state index contributed by atoms with van der Waals surface area (Å²) in [7, 11) is 0. The van der Waals surface area contributed by atoms with Crippen LogP contribution in [-0.4, -0.2) is 21.5 Å². The molecule has 1 amide bonds. The number of imidazole rings is 1. The molecular formula is C10H17N3O. The minimum absolute atomic E-state index is 0.0525. The van der Waals surface area contributed by atoms with E-state index in [4.69, 9.17) is 0 Å². The van der Waals surface area contributed by atoms with Gasteiger partial charge in [-0.2, -0.15) is 0 Å². The van der Waals surface area contributed by atoms with E-state index in [2.05, 4.69) is 24.1 Å². The fraction of sp³-hybridized carbons (Fsp3) is 0.600. The predicted molar refractivity (Wildman–Crippen MR) is 54.7 cm³/mol. The van der Waals surface area contributed by atoms with Gasteiger partial charge in [-0.05, 0) is 12.8 Å². The molecule has 0 saturated carbocycles. The number of amides is 1. The zero-order chi connectivity index (χ0) is 10.4. The lowest BCUT2D eigenvalue weighted by Crippen LogP contribution is -2.35. The highest BCUT2D eigenvalue weighted by atomic mass is 16.2. The molecule has 4 nitrogen and oxygen atoms in total. The Bertz CT molecular complexity index is 265. The molecule has 0 saturated heterocycles. The van der Waals surface area contributed by atoms with Crippen molar-refractivity contribution >= 4 is 5.91 Å². The first-order valence-corrected chi connectivity index (χ1v) is 5.01. The summed E-state index contributed by atoms with van der Waals surface area (Å²) in [6.45, 7) is 4.51. The van der Waals surface area contributed by atoms with Gasteiger partial charge in [0.2, 0.25) is 5.91 Å². The third-order valence-electron chi connectivity index (χ3n) is 2.24. The summed E-state index contributed by atoms with van der Waals surface area (Å²) in [5.74, 6) is 0.0525. The third-order valence-corrected chi connectivity index (χ3v) is 2.24. The molecule has 1 rings (SSSR count). The number of hydrogen-bond acceptors (Lipinski definition) is 2. The van der Waals surface area contributed by atoms with Crippen molar-refractivity contribution in [3.63, 3.8) is 0 Å². The van der Waals surface area contributed by atoms with Gasteiger partial charge in [0.1, 0.15) is 6.54 Å². The number of rotatable bonds is 5. The van der Waals surface area contributed by atoms with Crippen LogP contribution >= 0.6 is 0 Å². The van der Waals surface area contributed by atoms with Gasteiger partial charge < -0.3 is 9.88 Å². The summed E-state index contributed by atoms with van der Waals surface area (Å²) in [4.78, 5) is 15.4. The molecule has 1 aromatic heterocycles. The SMILES string of the molecule is CCC(CC)NC(=O)Cn1ccnc1. The smallest absolute Gasteiger partial charge is 0.240 e. The second-order valence-corrected chi connectivity index (χ2v) is 3.32. The van der Waals surface area contributed by atoms with Crippen molar-refractivity contribution in [2.24, 2.45) is 0 Å². The van der Waals surface area contributed by atoms with Gasteiger partial charge in [-0.15, -0.1) is 0 Å². The molecule has 1 N–H and O–H groups in total. The van der Waals surface area contributed by atoms with Crippen LogP contribution in [0.4, 0.5) is 0 Å². The largest absolute Gasteiger partial charge is 0.352 e. The first kappa shape index (κ1) is 10.8. The van der Waals surface area contributed by atoms with E-state index in [0.29, 0.717) is 12.6 Å². The maximum Gasteiger partial charge on any atom is 0.240 e. The Morgan fingerprint density at radius 2 is 2.21 bits per heavy atom. The van der Waals surface area contributed by atoms with Crippen LogP contribution in [0.15, 0.2) is 18.7 Å². The summed E-state index contributed by atoms with van der Waals surface area (Å²) in [6, 6.07) is 0.297. The van der Waals surface area contributed by atoms with Crippen molar-refractivity contribution in [2.45, 2.75) is 39.3 Å². The normalized spacial score (nSPS) is 10.5. The van der Waals surface area contributed by atoms with Gasteiger partial charge >= 0.3 is 0 Å². The minimum Gasteiger partial charge on any atom is -0.352 e. The van der Waals surface area contributed by atoms with Crippen molar-refractivity contribution in [3.8, 4) is 0 Å². The van der Waals surface area contributed by atoms with E-state index in [1.54, 1.807) is 23.3 Å². The van der Waals surface area contributed by atoms with Crippen LogP contribution in [0.5, 0.6) is 0 Å². The van der Waals surface area contributed by atoms with Crippen molar-refractivity contribution in [1.29, 1.82) is 0 Å². The monoisotopic (exact) mass is 195 g/mol. The lowest BCUT2D eigenvalue weighted by Gasteiger charge is -2.14. The van der Waals surface area contributed by atoms with E-state index < -0.39 is 0 Å². The molecule has 1 aromatic rings. The number of carbonyl (C=O) groups is 1. The predicted octanol–water partition coefficient (Wildman–Crippen LogP) is 1.19. The second-order valence-electron chi connectivity index (χ2n) is 3.32. The molecule has 0 aliphatic rings. The lowest BCUT2D eigenvalue weighted by atomic mass is 10.2. The molecule has 0 spiro atoms. The van der Waals surface area contributed by atoms with Crippen LogP contribution in [0.25, 0.3) is 0 Å². The van der Waals surface area contributed by atoms with Crippen LogP contribution in [0.3, 0.4) is 0 Å². The first-order chi connectivity index (χ1) is 6.76. The van der Waals surface area contributed by atoms with Gasteiger partial charge in [0.05, 0.1) is 6.33 Å². The molecule has 0 atom stereocenters. The molecule has 0 aliphatic heterocycles. The Kier molecular flexibility index (Phi) is 4.16. The maximum absolute atomic E-state index is 11.5. The Balaban J connectivity index is 2.35. The zero-order valence-corrected chi connectivity index (χ0v) is 8.73. The fourth-order valence-electron chi connectivity index (χ4n) is 1.31. The van der Waals surface area contributed by atoms with E-state index in [1.807, 2.05) is 0 Å². The first-order valence-electron chi connectivity index (χ1n) is 5.01. The van der Waals surface area contributed by atoms with Gasteiger partial charge in [0, 0.05) is 18.4 Å². The van der Waals surface area contributed by atoms with Crippen molar-refractivity contribution < 1.29 is 4.79 Å². The third kappa shape index (κ3) is 3.20. The second kappa shape index (κ2) is 5.42. The van der Waals surface area contributed by atoms with E-state index in [1.165, 1.54) is 0 Å². The van der Waals surface area contributed by atoms with Crippen LogP contribution in [0.2, 0.25) is 0 Å². The Hall–Kier alpha value is -1.32. The number of nitrogens with one attached hydrogen (secondary N) is 1. The summed E-state index contributed by atoms with van der Waals surface area (Å²) < 4.78 is 1.76. The summed E-state index contributed by atoms with van der Waals surface area (Å²) in [6.07, 6.45) is 7.06. The van der Waals surface area contributed by atoms with E-state index in [9.17, 15) is 4.79 Å². The van der Waals surface area contributed by atoms with Crippen LogP contribution in [-0.2, 0) is 11.3 Å². The van der Waals surface area contributed by atoms with Gasteiger partial charge in [-0.3, -0.25) is 4.79 Å². The molecule has 0 aromatic carbocycles. The van der Waals surface area contributed by atoms with Crippen LogP contribution < -0.4 is 5.32 Å². The zero-order valence-electron chi connectivity index (χ0n) is 8.73.